The number of halogens is 1. The van der Waals surface area contributed by atoms with Gasteiger partial charge >= 0.3 is 6.09 Å². The Bertz CT molecular complexity index is 659. The molecule has 7 heteroatoms. The van der Waals surface area contributed by atoms with Gasteiger partial charge in [0.2, 0.25) is 0 Å². The van der Waals surface area contributed by atoms with E-state index in [1.54, 1.807) is 51.2 Å². The molecular formula is C14H17ClN4O2. The molecule has 0 radical (unpaired) electrons. The van der Waals surface area contributed by atoms with Crippen molar-refractivity contribution >= 4 is 29.2 Å². The maximum absolute atomic E-state index is 11.5. The van der Waals surface area contributed by atoms with Crippen LogP contribution in [0, 0.1) is 0 Å². The van der Waals surface area contributed by atoms with Crippen molar-refractivity contribution in [1.29, 1.82) is 0 Å². The summed E-state index contributed by atoms with van der Waals surface area (Å²) in [6.45, 7) is 5.38. The topological polar surface area (TPSA) is 84.4 Å². The van der Waals surface area contributed by atoms with Crippen molar-refractivity contribution < 1.29 is 9.90 Å². The predicted molar refractivity (Wildman–Crippen MR) is 83.2 cm³/mol. The fourth-order valence-corrected chi connectivity index (χ4v) is 2.15. The first kappa shape index (κ1) is 15.2. The molecule has 6 nitrogen and oxygen atoms in total. The first-order valence-electron chi connectivity index (χ1n) is 6.34. The number of nitrogen functional groups attached to an aromatic ring is 1. The van der Waals surface area contributed by atoms with Crippen molar-refractivity contribution in [2.45, 2.75) is 26.3 Å². The van der Waals surface area contributed by atoms with E-state index in [4.69, 9.17) is 17.3 Å². The summed E-state index contributed by atoms with van der Waals surface area (Å²) in [6, 6.07) is 7.02. The molecule has 0 unspecified atom stereocenters. The van der Waals surface area contributed by atoms with Crippen molar-refractivity contribution in [2.24, 2.45) is 0 Å². The molecule has 1 aromatic heterocycles. The number of hydrogen-bond acceptors (Lipinski definition) is 3. The number of carbonyl (C=O) groups is 1. The zero-order valence-electron chi connectivity index (χ0n) is 12.0. The van der Waals surface area contributed by atoms with Gasteiger partial charge in [-0.2, -0.15) is 0 Å². The van der Waals surface area contributed by atoms with Crippen LogP contribution in [0.15, 0.2) is 30.5 Å². The van der Waals surface area contributed by atoms with E-state index in [9.17, 15) is 9.90 Å². The third-order valence-corrected chi connectivity index (χ3v) is 3.17. The van der Waals surface area contributed by atoms with Gasteiger partial charge in [-0.3, -0.25) is 4.90 Å². The fourth-order valence-electron chi connectivity index (χ4n) is 2.03. The molecule has 1 heterocycles. The molecule has 1 amide bonds. The Labute approximate surface area is 127 Å². The first-order chi connectivity index (χ1) is 9.70. The second-order valence-corrected chi connectivity index (χ2v) is 6.05. The van der Waals surface area contributed by atoms with Crippen molar-refractivity contribution in [3.05, 3.63) is 35.5 Å². The van der Waals surface area contributed by atoms with Gasteiger partial charge in [0.1, 0.15) is 5.69 Å². The fraction of sp³-hybridized carbons (Fsp3) is 0.286. The monoisotopic (exact) mass is 308 g/mol. The van der Waals surface area contributed by atoms with Crippen LogP contribution in [0.2, 0.25) is 5.02 Å². The molecule has 0 spiro atoms. The van der Waals surface area contributed by atoms with Gasteiger partial charge in [0, 0.05) is 10.6 Å². The Hall–Kier alpha value is -2.21. The standard InChI is InChI=1S/C14H17ClN4O2/c1-14(2,3)19(13(20)21)11-8-18(17-12(11)16)10-6-4-9(15)5-7-10/h4-8H,1-3H3,(H2,16,17)(H,20,21). The van der Waals surface area contributed by atoms with Gasteiger partial charge in [-0.05, 0) is 45.0 Å². The highest BCUT2D eigenvalue weighted by Gasteiger charge is 2.31. The van der Waals surface area contributed by atoms with Crippen LogP contribution in [0.4, 0.5) is 16.3 Å². The molecule has 2 aromatic rings. The van der Waals surface area contributed by atoms with Gasteiger partial charge in [-0.1, -0.05) is 11.6 Å². The molecule has 0 aliphatic rings. The lowest BCUT2D eigenvalue weighted by Gasteiger charge is -2.32. The Kier molecular flexibility index (Phi) is 3.82. The molecule has 0 aliphatic heterocycles. The Morgan fingerprint density at radius 1 is 1.33 bits per heavy atom. The van der Waals surface area contributed by atoms with Gasteiger partial charge in [0.05, 0.1) is 11.9 Å². The van der Waals surface area contributed by atoms with E-state index in [1.165, 1.54) is 9.58 Å². The highest BCUT2D eigenvalue weighted by Crippen LogP contribution is 2.30. The summed E-state index contributed by atoms with van der Waals surface area (Å²) in [7, 11) is 0. The smallest absolute Gasteiger partial charge is 0.412 e. The summed E-state index contributed by atoms with van der Waals surface area (Å²) in [4.78, 5) is 12.7. The van der Waals surface area contributed by atoms with Gasteiger partial charge in [-0.25, -0.2) is 9.48 Å². The number of rotatable bonds is 2. The number of hydrogen-bond donors (Lipinski definition) is 2. The minimum atomic E-state index is -1.08. The summed E-state index contributed by atoms with van der Waals surface area (Å²) in [5.74, 6) is 0.155. The van der Waals surface area contributed by atoms with E-state index in [0.717, 1.165) is 5.69 Å². The normalized spacial score (nSPS) is 11.4. The van der Waals surface area contributed by atoms with E-state index >= 15 is 0 Å². The maximum atomic E-state index is 11.5. The summed E-state index contributed by atoms with van der Waals surface area (Å²) in [6.07, 6.45) is 0.516. The molecule has 0 aliphatic carbocycles. The average molecular weight is 309 g/mol. The van der Waals surface area contributed by atoms with E-state index in [-0.39, 0.29) is 5.82 Å². The van der Waals surface area contributed by atoms with Gasteiger partial charge < -0.3 is 10.8 Å². The third-order valence-electron chi connectivity index (χ3n) is 2.92. The number of nitrogens with two attached hydrogens (primary N) is 1. The minimum absolute atomic E-state index is 0.155. The molecule has 0 bridgehead atoms. The van der Waals surface area contributed by atoms with Crippen molar-refractivity contribution in [3.63, 3.8) is 0 Å². The summed E-state index contributed by atoms with van der Waals surface area (Å²) < 4.78 is 1.53. The van der Waals surface area contributed by atoms with Crippen LogP contribution in [0.1, 0.15) is 20.8 Å². The first-order valence-corrected chi connectivity index (χ1v) is 6.72. The van der Waals surface area contributed by atoms with Crippen molar-refractivity contribution in [3.8, 4) is 5.69 Å². The Morgan fingerprint density at radius 3 is 2.38 bits per heavy atom. The lowest BCUT2D eigenvalue weighted by molar-refractivity contribution is 0.195. The van der Waals surface area contributed by atoms with E-state index in [1.807, 2.05) is 0 Å². The number of aromatic nitrogens is 2. The zero-order chi connectivity index (χ0) is 15.8. The molecule has 21 heavy (non-hydrogen) atoms. The predicted octanol–water partition coefficient (Wildman–Crippen LogP) is 3.39. The Morgan fingerprint density at radius 2 is 1.90 bits per heavy atom. The largest absolute Gasteiger partial charge is 0.465 e. The molecule has 2 rings (SSSR count). The highest BCUT2D eigenvalue weighted by atomic mass is 35.5. The average Bonchev–Trinajstić information content (AvgIpc) is 2.70. The van der Waals surface area contributed by atoms with E-state index < -0.39 is 11.6 Å². The number of nitrogens with zero attached hydrogens (tertiary/aromatic N) is 3. The molecule has 3 N–H and O–H groups in total. The lowest BCUT2D eigenvalue weighted by Crippen LogP contribution is -2.45. The zero-order valence-corrected chi connectivity index (χ0v) is 12.8. The number of carboxylic acid groups (broad SMARTS) is 1. The van der Waals surface area contributed by atoms with Gasteiger partial charge in [0.25, 0.3) is 0 Å². The SMILES string of the molecule is CC(C)(C)N(C(=O)O)c1cn(-c2ccc(Cl)cc2)nc1N. The molecule has 112 valence electrons. The highest BCUT2D eigenvalue weighted by molar-refractivity contribution is 6.30. The molecular weight excluding hydrogens is 292 g/mol. The molecule has 0 fully saturated rings. The van der Waals surface area contributed by atoms with E-state index in [0.29, 0.717) is 10.7 Å². The number of benzene rings is 1. The number of amides is 1. The summed E-state index contributed by atoms with van der Waals surface area (Å²) in [5, 5.41) is 14.2. The molecule has 0 saturated heterocycles. The molecule has 1 aromatic carbocycles. The van der Waals surface area contributed by atoms with Crippen molar-refractivity contribution in [1.82, 2.24) is 9.78 Å². The molecule has 0 atom stereocenters. The maximum Gasteiger partial charge on any atom is 0.412 e. The van der Waals surface area contributed by atoms with Crippen LogP contribution in [-0.2, 0) is 0 Å². The van der Waals surface area contributed by atoms with Crippen LogP contribution in [-0.4, -0.2) is 26.5 Å². The second kappa shape index (κ2) is 5.29. The third kappa shape index (κ3) is 3.11. The molecule has 0 saturated carbocycles. The van der Waals surface area contributed by atoms with Crippen LogP contribution < -0.4 is 10.6 Å². The summed E-state index contributed by atoms with van der Waals surface area (Å²) >= 11 is 5.85. The van der Waals surface area contributed by atoms with Gasteiger partial charge in [0.15, 0.2) is 5.82 Å². The van der Waals surface area contributed by atoms with Crippen LogP contribution >= 0.6 is 11.6 Å². The Balaban J connectivity index is 2.48. The lowest BCUT2D eigenvalue weighted by atomic mass is 10.1. The quantitative estimate of drug-likeness (QED) is 0.890. The second-order valence-electron chi connectivity index (χ2n) is 5.61. The summed E-state index contributed by atoms with van der Waals surface area (Å²) in [5.41, 5.74) is 6.35. The van der Waals surface area contributed by atoms with Crippen LogP contribution in [0.5, 0.6) is 0 Å². The van der Waals surface area contributed by atoms with Crippen LogP contribution in [0.3, 0.4) is 0 Å². The number of anilines is 2. The minimum Gasteiger partial charge on any atom is -0.465 e. The van der Waals surface area contributed by atoms with Crippen molar-refractivity contribution in [2.75, 3.05) is 10.6 Å². The van der Waals surface area contributed by atoms with E-state index in [2.05, 4.69) is 5.10 Å². The van der Waals surface area contributed by atoms with Gasteiger partial charge in [-0.15, -0.1) is 5.10 Å². The van der Waals surface area contributed by atoms with Crippen LogP contribution in [0.25, 0.3) is 5.69 Å².